The number of hydrogen-bond acceptors (Lipinski definition) is 5. The van der Waals surface area contributed by atoms with Crippen LogP contribution in [-0.4, -0.2) is 33.8 Å². The summed E-state index contributed by atoms with van der Waals surface area (Å²) in [6.45, 7) is 1.74. The molecular formula is C12H12N4O3. The van der Waals surface area contributed by atoms with Crippen LogP contribution in [0.5, 0.6) is 11.5 Å². The Labute approximate surface area is 107 Å². The molecule has 0 spiro atoms. The number of hydrogen-bond donors (Lipinski definition) is 1. The summed E-state index contributed by atoms with van der Waals surface area (Å²) in [5.41, 5.74) is 0.787. The molecule has 2 aromatic heterocycles. The van der Waals surface area contributed by atoms with Gasteiger partial charge in [-0.3, -0.25) is 0 Å². The van der Waals surface area contributed by atoms with Crippen molar-refractivity contribution < 1.29 is 9.47 Å². The van der Waals surface area contributed by atoms with Gasteiger partial charge in [-0.15, -0.1) is 5.10 Å². The molecule has 1 aromatic carbocycles. The minimum atomic E-state index is -0.338. The molecule has 0 aliphatic heterocycles. The van der Waals surface area contributed by atoms with E-state index in [4.69, 9.17) is 9.47 Å². The number of H-pyrrole nitrogens is 1. The quantitative estimate of drug-likeness (QED) is 0.740. The Hall–Kier alpha value is -2.57. The highest BCUT2D eigenvalue weighted by atomic mass is 16.5. The number of benzene rings is 1. The van der Waals surface area contributed by atoms with Crippen molar-refractivity contribution in [3.8, 4) is 11.5 Å². The van der Waals surface area contributed by atoms with E-state index in [0.717, 1.165) is 5.39 Å². The van der Waals surface area contributed by atoms with Crippen LogP contribution in [0.1, 0.15) is 5.82 Å². The number of aryl methyl sites for hydroxylation is 1. The largest absolute Gasteiger partial charge is 0.493 e. The molecule has 0 bridgehead atoms. The molecule has 0 saturated carbocycles. The lowest BCUT2D eigenvalue weighted by Gasteiger charge is -2.09. The molecule has 0 saturated heterocycles. The standard InChI is InChI=1S/C12H12N4O3/c1-6-13-11-7-4-9(18-2)10(19-3)5-8(7)14-12(17)16(11)15-6/h4-5H,1-3H3,(H,14,17). The summed E-state index contributed by atoms with van der Waals surface area (Å²) in [5, 5.41) is 4.80. The summed E-state index contributed by atoms with van der Waals surface area (Å²) in [7, 11) is 3.10. The summed E-state index contributed by atoms with van der Waals surface area (Å²) in [6.07, 6.45) is 0. The van der Waals surface area contributed by atoms with E-state index in [1.54, 1.807) is 33.3 Å². The third-order valence-electron chi connectivity index (χ3n) is 2.91. The molecule has 3 aromatic rings. The molecule has 0 aliphatic carbocycles. The van der Waals surface area contributed by atoms with Crippen molar-refractivity contribution in [2.75, 3.05) is 14.2 Å². The number of aromatic nitrogens is 4. The fourth-order valence-electron chi connectivity index (χ4n) is 2.07. The van der Waals surface area contributed by atoms with Gasteiger partial charge in [-0.2, -0.15) is 4.52 Å². The van der Waals surface area contributed by atoms with Crippen molar-refractivity contribution >= 4 is 16.6 Å². The second kappa shape index (κ2) is 3.98. The number of rotatable bonds is 2. The van der Waals surface area contributed by atoms with Crippen LogP contribution in [0.15, 0.2) is 16.9 Å². The van der Waals surface area contributed by atoms with Crippen molar-refractivity contribution in [1.82, 2.24) is 19.6 Å². The lowest BCUT2D eigenvalue weighted by molar-refractivity contribution is 0.356. The van der Waals surface area contributed by atoms with Crippen LogP contribution in [0.2, 0.25) is 0 Å². The van der Waals surface area contributed by atoms with Gasteiger partial charge in [0.25, 0.3) is 0 Å². The Kier molecular flexibility index (Phi) is 2.41. The molecule has 3 rings (SSSR count). The molecule has 7 heteroatoms. The number of fused-ring (bicyclic) bond motifs is 3. The highest BCUT2D eigenvalue weighted by Crippen LogP contribution is 2.31. The van der Waals surface area contributed by atoms with Crippen molar-refractivity contribution in [2.45, 2.75) is 6.92 Å². The fourth-order valence-corrected chi connectivity index (χ4v) is 2.07. The molecule has 1 N–H and O–H groups in total. The highest BCUT2D eigenvalue weighted by molar-refractivity contribution is 5.93. The molecule has 2 heterocycles. The number of ether oxygens (including phenoxy) is 2. The molecule has 0 aliphatic rings. The van der Waals surface area contributed by atoms with Crippen molar-refractivity contribution in [3.63, 3.8) is 0 Å². The van der Waals surface area contributed by atoms with E-state index in [2.05, 4.69) is 15.1 Å². The van der Waals surface area contributed by atoms with Crippen molar-refractivity contribution in [2.24, 2.45) is 0 Å². The second-order valence-electron chi connectivity index (χ2n) is 4.08. The first-order valence-corrected chi connectivity index (χ1v) is 5.65. The lowest BCUT2D eigenvalue weighted by atomic mass is 10.2. The van der Waals surface area contributed by atoms with Crippen LogP contribution < -0.4 is 15.2 Å². The molecule has 0 atom stereocenters. The van der Waals surface area contributed by atoms with Gasteiger partial charge < -0.3 is 14.5 Å². The zero-order valence-corrected chi connectivity index (χ0v) is 10.7. The topological polar surface area (TPSA) is 81.5 Å². The molecule has 7 nitrogen and oxygen atoms in total. The molecule has 0 amide bonds. The molecule has 19 heavy (non-hydrogen) atoms. The van der Waals surface area contributed by atoms with Gasteiger partial charge in [0.1, 0.15) is 5.82 Å². The van der Waals surface area contributed by atoms with Gasteiger partial charge in [-0.25, -0.2) is 9.78 Å². The first kappa shape index (κ1) is 11.5. The van der Waals surface area contributed by atoms with Crippen LogP contribution in [0, 0.1) is 6.92 Å². The zero-order chi connectivity index (χ0) is 13.6. The van der Waals surface area contributed by atoms with E-state index < -0.39 is 0 Å². The Morgan fingerprint density at radius 3 is 2.58 bits per heavy atom. The summed E-state index contributed by atoms with van der Waals surface area (Å²) in [5.74, 6) is 1.66. The maximum absolute atomic E-state index is 11.9. The molecule has 0 fully saturated rings. The Balaban J connectivity index is 2.50. The molecule has 0 unspecified atom stereocenters. The molecule has 0 radical (unpaired) electrons. The third kappa shape index (κ3) is 1.62. The van der Waals surface area contributed by atoms with Gasteiger partial charge in [-0.05, 0) is 13.0 Å². The van der Waals surface area contributed by atoms with Gasteiger partial charge in [-0.1, -0.05) is 0 Å². The van der Waals surface area contributed by atoms with E-state index in [1.165, 1.54) is 4.52 Å². The number of nitrogens with zero attached hydrogens (tertiary/aromatic N) is 3. The SMILES string of the molecule is COc1cc2[nH]c(=O)n3nc(C)nc3c2cc1OC. The predicted molar refractivity (Wildman–Crippen MR) is 69.0 cm³/mol. The Bertz CT molecular complexity index is 834. The maximum Gasteiger partial charge on any atom is 0.348 e. The van der Waals surface area contributed by atoms with Crippen LogP contribution in [0.4, 0.5) is 0 Å². The maximum atomic E-state index is 11.9. The van der Waals surface area contributed by atoms with E-state index >= 15 is 0 Å². The fraction of sp³-hybridized carbons (Fsp3) is 0.250. The predicted octanol–water partition coefficient (Wildman–Crippen LogP) is 0.896. The normalized spacial score (nSPS) is 11.1. The minimum absolute atomic E-state index is 0.338. The van der Waals surface area contributed by atoms with Crippen LogP contribution in [-0.2, 0) is 0 Å². The smallest absolute Gasteiger partial charge is 0.348 e. The lowest BCUT2D eigenvalue weighted by Crippen LogP contribution is -2.17. The highest BCUT2D eigenvalue weighted by Gasteiger charge is 2.13. The van der Waals surface area contributed by atoms with Gasteiger partial charge in [0.05, 0.1) is 19.7 Å². The van der Waals surface area contributed by atoms with E-state index in [1.807, 2.05) is 0 Å². The average molecular weight is 260 g/mol. The van der Waals surface area contributed by atoms with Gasteiger partial charge in [0.15, 0.2) is 17.1 Å². The second-order valence-corrected chi connectivity index (χ2v) is 4.08. The zero-order valence-electron chi connectivity index (χ0n) is 10.7. The van der Waals surface area contributed by atoms with Crippen molar-refractivity contribution in [1.29, 1.82) is 0 Å². The van der Waals surface area contributed by atoms with Gasteiger partial charge >= 0.3 is 5.69 Å². The Morgan fingerprint density at radius 2 is 1.89 bits per heavy atom. The summed E-state index contributed by atoms with van der Waals surface area (Å²) >= 11 is 0. The minimum Gasteiger partial charge on any atom is -0.493 e. The monoisotopic (exact) mass is 260 g/mol. The van der Waals surface area contributed by atoms with E-state index in [-0.39, 0.29) is 5.69 Å². The van der Waals surface area contributed by atoms with Crippen LogP contribution in [0.3, 0.4) is 0 Å². The van der Waals surface area contributed by atoms with Crippen LogP contribution >= 0.6 is 0 Å². The number of nitrogens with one attached hydrogen (secondary N) is 1. The molecular weight excluding hydrogens is 248 g/mol. The number of methoxy groups -OCH3 is 2. The van der Waals surface area contributed by atoms with E-state index in [0.29, 0.717) is 28.5 Å². The molecule has 98 valence electrons. The third-order valence-corrected chi connectivity index (χ3v) is 2.91. The number of aromatic amines is 1. The average Bonchev–Trinajstić information content (AvgIpc) is 2.80. The van der Waals surface area contributed by atoms with Gasteiger partial charge in [0, 0.05) is 11.5 Å². The first-order chi connectivity index (χ1) is 9.13. The first-order valence-electron chi connectivity index (χ1n) is 5.65. The summed E-state index contributed by atoms with van der Waals surface area (Å²) in [6, 6.07) is 3.48. The Morgan fingerprint density at radius 1 is 1.21 bits per heavy atom. The van der Waals surface area contributed by atoms with E-state index in [9.17, 15) is 4.79 Å². The van der Waals surface area contributed by atoms with Crippen molar-refractivity contribution in [3.05, 3.63) is 28.4 Å². The summed E-state index contributed by atoms with van der Waals surface area (Å²) < 4.78 is 11.7. The van der Waals surface area contributed by atoms with Crippen LogP contribution in [0.25, 0.3) is 16.6 Å². The van der Waals surface area contributed by atoms with Gasteiger partial charge in [0.2, 0.25) is 0 Å². The summed E-state index contributed by atoms with van der Waals surface area (Å²) in [4.78, 5) is 18.9.